The fraction of sp³-hybridized carbons (Fsp3) is 0.667. The molecule has 0 aromatic carbocycles. The summed E-state index contributed by atoms with van der Waals surface area (Å²) in [6.07, 6.45) is -6.59. The van der Waals surface area contributed by atoms with Crippen molar-refractivity contribution in [3.8, 4) is 0 Å². The van der Waals surface area contributed by atoms with E-state index in [-0.39, 0.29) is 31.5 Å². The predicted octanol–water partition coefficient (Wildman–Crippen LogP) is 4.05. The molecule has 1 aromatic heterocycles. The van der Waals surface area contributed by atoms with Gasteiger partial charge in [-0.05, 0) is 42.7 Å². The predicted molar refractivity (Wildman–Crippen MR) is 87.9 cm³/mol. The molecule has 3 rings (SSSR count). The molecule has 2 unspecified atom stereocenters. The van der Waals surface area contributed by atoms with Crippen molar-refractivity contribution < 1.29 is 37.0 Å². The van der Waals surface area contributed by atoms with E-state index < -0.39 is 48.5 Å². The second-order valence-corrected chi connectivity index (χ2v) is 7.62. The monoisotopic (exact) mass is 408 g/mol. The Morgan fingerprint density at radius 2 is 1.93 bits per heavy atom. The highest BCUT2D eigenvalue weighted by atomic mass is 19.4. The summed E-state index contributed by atoms with van der Waals surface area (Å²) in [5, 5.41) is 18.6. The molecule has 1 saturated carbocycles. The van der Waals surface area contributed by atoms with Crippen LogP contribution in [0.5, 0.6) is 0 Å². The molecule has 2 N–H and O–H groups in total. The van der Waals surface area contributed by atoms with Crippen LogP contribution in [-0.4, -0.2) is 52.1 Å². The molecule has 0 radical (unpaired) electrons. The number of piperidine rings is 1. The van der Waals surface area contributed by atoms with Crippen LogP contribution in [0, 0.1) is 17.3 Å². The summed E-state index contributed by atoms with van der Waals surface area (Å²) in [5.74, 6) is -3.57. The fourth-order valence-electron chi connectivity index (χ4n) is 4.83. The van der Waals surface area contributed by atoms with Crippen LogP contribution in [0.2, 0.25) is 0 Å². The Kier molecular flexibility index (Phi) is 5.53. The average Bonchev–Trinajstić information content (AvgIpc) is 2.63. The number of aromatic nitrogens is 1. The van der Waals surface area contributed by atoms with E-state index in [4.69, 9.17) is 5.11 Å². The maximum atomic E-state index is 13.6. The van der Waals surface area contributed by atoms with Gasteiger partial charge in [-0.1, -0.05) is 0 Å². The Bertz CT molecular complexity index is 702. The third-order valence-corrected chi connectivity index (χ3v) is 6.29. The van der Waals surface area contributed by atoms with E-state index in [1.807, 2.05) is 0 Å². The van der Waals surface area contributed by atoms with E-state index >= 15 is 0 Å². The van der Waals surface area contributed by atoms with Gasteiger partial charge in [0, 0.05) is 36.5 Å². The zero-order chi connectivity index (χ0) is 20.7. The van der Waals surface area contributed by atoms with Gasteiger partial charge in [-0.2, -0.15) is 13.2 Å². The fourth-order valence-corrected chi connectivity index (χ4v) is 4.83. The summed E-state index contributed by atoms with van der Waals surface area (Å²) in [7, 11) is 0. The number of amides is 1. The Morgan fingerprint density at radius 3 is 2.36 bits per heavy atom. The first kappa shape index (κ1) is 20.8. The molecule has 2 fully saturated rings. The SMILES string of the molecule is O=C(O)N1CCC2(CC1)C[C@@H](c1ccc(C(F)F)cn1)C2C(CO)C(F)(F)F. The summed E-state index contributed by atoms with van der Waals surface area (Å²) < 4.78 is 66.3. The summed E-state index contributed by atoms with van der Waals surface area (Å²) in [5.41, 5.74) is -0.759. The number of carbonyl (C=O) groups is 1. The van der Waals surface area contributed by atoms with Crippen LogP contribution in [0.3, 0.4) is 0 Å². The molecule has 1 aliphatic heterocycles. The molecule has 1 aliphatic carbocycles. The first-order valence-electron chi connectivity index (χ1n) is 8.98. The molecule has 2 heterocycles. The third-order valence-electron chi connectivity index (χ3n) is 6.29. The number of aliphatic hydroxyl groups excluding tert-OH is 1. The van der Waals surface area contributed by atoms with Gasteiger partial charge in [0.25, 0.3) is 6.43 Å². The van der Waals surface area contributed by atoms with Gasteiger partial charge in [-0.25, -0.2) is 13.6 Å². The number of carboxylic acid groups (broad SMARTS) is 1. The number of halogens is 5. The average molecular weight is 408 g/mol. The molecular weight excluding hydrogens is 387 g/mol. The van der Waals surface area contributed by atoms with Crippen LogP contribution >= 0.6 is 0 Å². The van der Waals surface area contributed by atoms with Gasteiger partial charge in [0.15, 0.2) is 0 Å². The van der Waals surface area contributed by atoms with Gasteiger partial charge in [-0.3, -0.25) is 4.98 Å². The first-order valence-corrected chi connectivity index (χ1v) is 8.98. The van der Waals surface area contributed by atoms with Gasteiger partial charge >= 0.3 is 12.3 Å². The molecule has 10 heteroatoms. The van der Waals surface area contributed by atoms with Crippen molar-refractivity contribution in [1.82, 2.24) is 9.88 Å². The van der Waals surface area contributed by atoms with E-state index in [2.05, 4.69) is 4.98 Å². The van der Waals surface area contributed by atoms with Crippen LogP contribution in [0.4, 0.5) is 26.7 Å². The van der Waals surface area contributed by atoms with Crippen molar-refractivity contribution in [1.29, 1.82) is 0 Å². The van der Waals surface area contributed by atoms with Crippen molar-refractivity contribution >= 4 is 6.09 Å². The highest BCUT2D eigenvalue weighted by Gasteiger charge is 2.63. The molecule has 1 aromatic rings. The van der Waals surface area contributed by atoms with Crippen LogP contribution in [0.1, 0.15) is 42.9 Å². The van der Waals surface area contributed by atoms with Gasteiger partial charge in [0.1, 0.15) is 0 Å². The number of aliphatic hydroxyl groups is 1. The number of pyridine rings is 1. The minimum atomic E-state index is -4.63. The number of hydrogen-bond donors (Lipinski definition) is 2. The van der Waals surface area contributed by atoms with Crippen molar-refractivity contribution in [2.24, 2.45) is 17.3 Å². The lowest BCUT2D eigenvalue weighted by molar-refractivity contribution is -0.238. The molecule has 1 amide bonds. The minimum Gasteiger partial charge on any atom is -0.465 e. The Balaban J connectivity index is 1.88. The molecular formula is C18H21F5N2O3. The summed E-state index contributed by atoms with van der Waals surface area (Å²) in [6.45, 7) is -0.817. The van der Waals surface area contributed by atoms with Crippen LogP contribution in [-0.2, 0) is 0 Å². The summed E-state index contributed by atoms with van der Waals surface area (Å²) in [4.78, 5) is 16.2. The second kappa shape index (κ2) is 7.46. The maximum absolute atomic E-state index is 13.6. The molecule has 1 spiro atoms. The largest absolute Gasteiger partial charge is 0.465 e. The minimum absolute atomic E-state index is 0.131. The number of alkyl halides is 5. The summed E-state index contributed by atoms with van der Waals surface area (Å²) >= 11 is 0. The van der Waals surface area contributed by atoms with Gasteiger partial charge in [0.2, 0.25) is 0 Å². The van der Waals surface area contributed by atoms with Crippen molar-refractivity contribution in [2.45, 2.75) is 37.8 Å². The molecule has 0 bridgehead atoms. The lowest BCUT2D eigenvalue weighted by Crippen LogP contribution is -2.59. The number of hydrogen-bond acceptors (Lipinski definition) is 3. The van der Waals surface area contributed by atoms with E-state index in [9.17, 15) is 31.9 Å². The van der Waals surface area contributed by atoms with Gasteiger partial charge < -0.3 is 15.1 Å². The van der Waals surface area contributed by atoms with Crippen molar-refractivity contribution in [2.75, 3.05) is 19.7 Å². The van der Waals surface area contributed by atoms with Crippen LogP contribution in [0.25, 0.3) is 0 Å². The lowest BCUT2D eigenvalue weighted by atomic mass is 9.46. The molecule has 156 valence electrons. The smallest absolute Gasteiger partial charge is 0.407 e. The molecule has 5 nitrogen and oxygen atoms in total. The molecule has 28 heavy (non-hydrogen) atoms. The van der Waals surface area contributed by atoms with Crippen molar-refractivity contribution in [3.63, 3.8) is 0 Å². The van der Waals surface area contributed by atoms with Gasteiger partial charge in [0.05, 0.1) is 12.5 Å². The number of likely N-dealkylation sites (tertiary alicyclic amines) is 1. The third kappa shape index (κ3) is 3.66. The molecule has 1 saturated heterocycles. The van der Waals surface area contributed by atoms with E-state index in [0.29, 0.717) is 12.1 Å². The normalized spacial score (nSPS) is 25.6. The topological polar surface area (TPSA) is 73.7 Å². The Morgan fingerprint density at radius 1 is 1.29 bits per heavy atom. The van der Waals surface area contributed by atoms with Crippen LogP contribution in [0.15, 0.2) is 18.3 Å². The number of nitrogens with zero attached hydrogens (tertiary/aromatic N) is 2. The number of rotatable bonds is 4. The standard InChI is InChI=1S/C18H21F5N2O3/c19-15(20)10-1-2-13(24-8-10)11-7-17(3-5-25(6-4-17)16(27)28)14(11)12(9-26)18(21,22)23/h1-2,8,11-12,14-15,26H,3-7,9H2,(H,27,28)/t11-,12?,14?/m0/s1. The summed E-state index contributed by atoms with van der Waals surface area (Å²) in [6, 6.07) is 2.48. The van der Waals surface area contributed by atoms with Crippen molar-refractivity contribution in [3.05, 3.63) is 29.6 Å². The van der Waals surface area contributed by atoms with E-state index in [0.717, 1.165) is 12.3 Å². The zero-order valence-electron chi connectivity index (χ0n) is 14.9. The quantitative estimate of drug-likeness (QED) is 0.738. The highest BCUT2D eigenvalue weighted by Crippen LogP contribution is 2.65. The van der Waals surface area contributed by atoms with E-state index in [1.165, 1.54) is 11.0 Å². The molecule has 2 aliphatic rings. The zero-order valence-corrected chi connectivity index (χ0v) is 14.9. The van der Waals surface area contributed by atoms with Gasteiger partial charge in [-0.15, -0.1) is 0 Å². The Labute approximate surface area is 158 Å². The second-order valence-electron chi connectivity index (χ2n) is 7.62. The Hall–Kier alpha value is -1.97. The lowest BCUT2D eigenvalue weighted by Gasteiger charge is -2.60. The first-order chi connectivity index (χ1) is 13.1. The maximum Gasteiger partial charge on any atom is 0.407 e. The van der Waals surface area contributed by atoms with Crippen LogP contribution < -0.4 is 0 Å². The highest BCUT2D eigenvalue weighted by molar-refractivity contribution is 5.65. The molecule has 3 atom stereocenters. The van der Waals surface area contributed by atoms with E-state index in [1.54, 1.807) is 0 Å².